The Morgan fingerprint density at radius 1 is 1.48 bits per heavy atom. The molecule has 116 valence electrons. The van der Waals surface area contributed by atoms with Crippen molar-refractivity contribution in [1.82, 2.24) is 4.90 Å². The molecule has 21 heavy (non-hydrogen) atoms. The molecule has 1 aromatic rings. The molecule has 5 nitrogen and oxygen atoms in total. The van der Waals surface area contributed by atoms with Gasteiger partial charge in [-0.25, -0.2) is 0 Å². The quantitative estimate of drug-likeness (QED) is 0.888. The van der Waals surface area contributed by atoms with Gasteiger partial charge in [-0.15, -0.1) is 12.4 Å². The Morgan fingerprint density at radius 2 is 2.19 bits per heavy atom. The number of aliphatic carboxylic acids is 1. The van der Waals surface area contributed by atoms with Crippen LogP contribution in [0.15, 0.2) is 18.2 Å². The third-order valence-corrected chi connectivity index (χ3v) is 3.94. The number of halogens is 2. The minimum absolute atomic E-state index is 0. The molecule has 0 aromatic heterocycles. The number of likely N-dealkylation sites (tertiary alicyclic amines) is 1. The van der Waals surface area contributed by atoms with Crippen molar-refractivity contribution in [3.05, 3.63) is 28.8 Å². The number of carbonyl (C=O) groups excluding carboxylic acids is 1. The Kier molecular flexibility index (Phi) is 6.45. The second-order valence-electron chi connectivity index (χ2n) is 5.02. The molecule has 0 bridgehead atoms. The number of nitrogens with one attached hydrogen (secondary N) is 1. The summed E-state index contributed by atoms with van der Waals surface area (Å²) in [6.07, 6.45) is 0.596. The van der Waals surface area contributed by atoms with Gasteiger partial charge in [0.2, 0.25) is 5.91 Å². The summed E-state index contributed by atoms with van der Waals surface area (Å²) in [5.41, 5.74) is 1.52. The molecule has 1 aliphatic heterocycles. The summed E-state index contributed by atoms with van der Waals surface area (Å²) in [5.74, 6) is -1.31. The maximum atomic E-state index is 12.0. The lowest BCUT2D eigenvalue weighted by molar-refractivity contribution is -0.141. The highest BCUT2D eigenvalue weighted by Crippen LogP contribution is 2.23. The number of anilines is 1. The van der Waals surface area contributed by atoms with Crippen molar-refractivity contribution in [2.75, 3.05) is 25.0 Å². The molecule has 0 radical (unpaired) electrons. The molecule has 1 heterocycles. The summed E-state index contributed by atoms with van der Waals surface area (Å²) in [4.78, 5) is 24.7. The van der Waals surface area contributed by atoms with Crippen molar-refractivity contribution in [3.63, 3.8) is 0 Å². The number of hydrogen-bond acceptors (Lipinski definition) is 3. The fourth-order valence-corrected chi connectivity index (χ4v) is 2.49. The van der Waals surface area contributed by atoms with E-state index in [2.05, 4.69) is 5.32 Å². The van der Waals surface area contributed by atoms with Gasteiger partial charge in [0, 0.05) is 17.3 Å². The normalized spacial score (nSPS) is 18.1. The molecule has 1 fully saturated rings. The van der Waals surface area contributed by atoms with Gasteiger partial charge in [0.25, 0.3) is 0 Å². The van der Waals surface area contributed by atoms with E-state index in [-0.39, 0.29) is 30.8 Å². The predicted octanol–water partition coefficient (Wildman–Crippen LogP) is 2.42. The van der Waals surface area contributed by atoms with Crippen LogP contribution in [0.2, 0.25) is 5.02 Å². The van der Waals surface area contributed by atoms with E-state index in [1.54, 1.807) is 18.2 Å². The molecular formula is C14H18Cl2N2O3. The molecule has 1 aromatic carbocycles. The average molecular weight is 333 g/mol. The van der Waals surface area contributed by atoms with E-state index in [0.717, 1.165) is 5.56 Å². The highest BCUT2D eigenvalue weighted by atomic mass is 35.5. The summed E-state index contributed by atoms with van der Waals surface area (Å²) in [6.45, 7) is 3.11. The first-order valence-corrected chi connectivity index (χ1v) is 6.85. The van der Waals surface area contributed by atoms with E-state index in [1.165, 1.54) is 0 Å². The average Bonchev–Trinajstić information content (AvgIpc) is 2.83. The van der Waals surface area contributed by atoms with Crippen molar-refractivity contribution in [2.45, 2.75) is 13.3 Å². The molecule has 2 N–H and O–H groups in total. The maximum Gasteiger partial charge on any atom is 0.307 e. The Labute approximate surface area is 134 Å². The van der Waals surface area contributed by atoms with Gasteiger partial charge in [0.1, 0.15) is 0 Å². The topological polar surface area (TPSA) is 69.6 Å². The standard InChI is InChI=1S/C14H17ClN2O3.ClH/c1-9-11(15)3-2-4-12(9)16-13(18)8-17-6-5-10(7-17)14(19)20;/h2-4,10H,5-8H2,1H3,(H,16,18)(H,19,20);1H. The van der Waals surface area contributed by atoms with Crippen molar-refractivity contribution in [1.29, 1.82) is 0 Å². The SMILES string of the molecule is Cc1c(Cl)cccc1NC(=O)CN1CCC(C(=O)O)C1.Cl. The first-order chi connectivity index (χ1) is 9.47. The zero-order valence-corrected chi connectivity index (χ0v) is 13.2. The van der Waals surface area contributed by atoms with Crippen LogP contribution in [0.1, 0.15) is 12.0 Å². The van der Waals surface area contributed by atoms with Crippen molar-refractivity contribution < 1.29 is 14.7 Å². The largest absolute Gasteiger partial charge is 0.481 e. The van der Waals surface area contributed by atoms with Gasteiger partial charge < -0.3 is 10.4 Å². The predicted molar refractivity (Wildman–Crippen MR) is 84.2 cm³/mol. The van der Waals surface area contributed by atoms with Crippen molar-refractivity contribution in [3.8, 4) is 0 Å². The van der Waals surface area contributed by atoms with Crippen LogP contribution >= 0.6 is 24.0 Å². The van der Waals surface area contributed by atoms with Gasteiger partial charge in [-0.3, -0.25) is 14.5 Å². The van der Waals surface area contributed by atoms with Gasteiger partial charge in [0.05, 0.1) is 12.5 Å². The molecule has 7 heteroatoms. The Balaban J connectivity index is 0.00000220. The molecule has 1 aliphatic rings. The molecule has 1 atom stereocenters. The molecule has 1 amide bonds. The number of rotatable bonds is 4. The molecule has 0 saturated carbocycles. The van der Waals surface area contributed by atoms with Gasteiger partial charge in [0.15, 0.2) is 0 Å². The zero-order valence-electron chi connectivity index (χ0n) is 11.6. The Morgan fingerprint density at radius 3 is 2.81 bits per heavy atom. The number of hydrogen-bond donors (Lipinski definition) is 2. The second kappa shape index (κ2) is 7.64. The number of nitrogens with zero attached hydrogens (tertiary/aromatic N) is 1. The second-order valence-corrected chi connectivity index (χ2v) is 5.43. The van der Waals surface area contributed by atoms with Gasteiger partial charge >= 0.3 is 5.97 Å². The number of benzene rings is 1. The van der Waals surface area contributed by atoms with E-state index < -0.39 is 5.97 Å². The summed E-state index contributed by atoms with van der Waals surface area (Å²) in [6, 6.07) is 5.34. The zero-order chi connectivity index (χ0) is 14.7. The van der Waals surface area contributed by atoms with Crippen LogP contribution in [0.3, 0.4) is 0 Å². The van der Waals surface area contributed by atoms with E-state index in [1.807, 2.05) is 11.8 Å². The van der Waals surface area contributed by atoms with E-state index in [4.69, 9.17) is 16.7 Å². The Hall–Kier alpha value is -1.30. The number of amides is 1. The van der Waals surface area contributed by atoms with Crippen LogP contribution in [0, 0.1) is 12.8 Å². The lowest BCUT2D eigenvalue weighted by atomic mass is 10.1. The van der Waals surface area contributed by atoms with Crippen LogP contribution in [-0.4, -0.2) is 41.5 Å². The van der Waals surface area contributed by atoms with Crippen LogP contribution in [0.5, 0.6) is 0 Å². The highest BCUT2D eigenvalue weighted by molar-refractivity contribution is 6.31. The first kappa shape index (κ1) is 17.8. The lowest BCUT2D eigenvalue weighted by Gasteiger charge is -2.15. The highest BCUT2D eigenvalue weighted by Gasteiger charge is 2.28. The number of carboxylic acid groups (broad SMARTS) is 1. The van der Waals surface area contributed by atoms with Crippen molar-refractivity contribution >= 4 is 41.6 Å². The van der Waals surface area contributed by atoms with Crippen LogP contribution in [-0.2, 0) is 9.59 Å². The molecular weight excluding hydrogens is 315 g/mol. The summed E-state index contributed by atoms with van der Waals surface area (Å²) >= 11 is 5.99. The number of carboxylic acids is 1. The van der Waals surface area contributed by atoms with Crippen LogP contribution in [0.4, 0.5) is 5.69 Å². The van der Waals surface area contributed by atoms with Crippen LogP contribution in [0.25, 0.3) is 0 Å². The minimum Gasteiger partial charge on any atom is -0.481 e. The van der Waals surface area contributed by atoms with Crippen molar-refractivity contribution in [2.24, 2.45) is 5.92 Å². The Bertz CT molecular complexity index is 537. The van der Waals surface area contributed by atoms with E-state index in [9.17, 15) is 9.59 Å². The van der Waals surface area contributed by atoms with E-state index >= 15 is 0 Å². The summed E-state index contributed by atoms with van der Waals surface area (Å²) < 4.78 is 0. The number of carbonyl (C=O) groups is 2. The molecule has 1 saturated heterocycles. The van der Waals surface area contributed by atoms with E-state index in [0.29, 0.717) is 30.2 Å². The van der Waals surface area contributed by atoms with Gasteiger partial charge in [-0.1, -0.05) is 17.7 Å². The summed E-state index contributed by atoms with van der Waals surface area (Å²) in [7, 11) is 0. The first-order valence-electron chi connectivity index (χ1n) is 6.47. The molecule has 2 rings (SSSR count). The fourth-order valence-electron chi connectivity index (χ4n) is 2.31. The third-order valence-electron chi connectivity index (χ3n) is 3.53. The molecule has 0 spiro atoms. The molecule has 0 aliphatic carbocycles. The van der Waals surface area contributed by atoms with Crippen LogP contribution < -0.4 is 5.32 Å². The minimum atomic E-state index is -0.793. The smallest absolute Gasteiger partial charge is 0.307 e. The molecule has 1 unspecified atom stereocenters. The van der Waals surface area contributed by atoms with Gasteiger partial charge in [-0.05, 0) is 37.6 Å². The monoisotopic (exact) mass is 332 g/mol. The third kappa shape index (κ3) is 4.59. The summed E-state index contributed by atoms with van der Waals surface area (Å²) in [5, 5.41) is 12.3. The van der Waals surface area contributed by atoms with Gasteiger partial charge in [-0.2, -0.15) is 0 Å². The lowest BCUT2D eigenvalue weighted by Crippen LogP contribution is -2.32. The fraction of sp³-hybridized carbons (Fsp3) is 0.429. The maximum absolute atomic E-state index is 12.0.